The third-order valence-electron chi connectivity index (χ3n) is 4.39. The summed E-state index contributed by atoms with van der Waals surface area (Å²) >= 11 is 7.08. The molecule has 30 heavy (non-hydrogen) atoms. The maximum atomic E-state index is 13.1. The Balaban J connectivity index is 1.99. The van der Waals surface area contributed by atoms with Crippen molar-refractivity contribution >= 4 is 46.0 Å². The van der Waals surface area contributed by atoms with Gasteiger partial charge < -0.3 is 4.74 Å². The highest BCUT2D eigenvalue weighted by Gasteiger charge is 2.16. The number of ether oxygens (including phenoxy) is 1. The van der Waals surface area contributed by atoms with E-state index in [2.05, 4.69) is 4.98 Å². The highest BCUT2D eigenvalue weighted by atomic mass is 35.5. The van der Waals surface area contributed by atoms with Gasteiger partial charge in [0.1, 0.15) is 0 Å². The molecule has 0 bridgehead atoms. The van der Waals surface area contributed by atoms with Crippen LogP contribution in [0.5, 0.6) is 0 Å². The van der Waals surface area contributed by atoms with Gasteiger partial charge in [0.25, 0.3) is 5.56 Å². The molecule has 0 unspecified atom stereocenters. The molecule has 6 nitrogen and oxygen atoms in total. The summed E-state index contributed by atoms with van der Waals surface area (Å²) in [5.74, 6) is -0.265. The second-order valence-corrected chi connectivity index (χ2v) is 8.53. The van der Waals surface area contributed by atoms with Gasteiger partial charge in [-0.15, -0.1) is 0 Å². The number of methoxy groups -OCH3 is 1. The number of esters is 1. The number of rotatable bonds is 7. The van der Waals surface area contributed by atoms with Crippen molar-refractivity contribution in [3.63, 3.8) is 0 Å². The molecule has 0 N–H and O–H groups in total. The monoisotopic (exact) mass is 444 g/mol. The van der Waals surface area contributed by atoms with Crippen LogP contribution in [0.15, 0.2) is 52.4 Å². The molecular formula is C22H21ClN2O4S. The lowest BCUT2D eigenvalue weighted by Crippen LogP contribution is -2.26. The smallest absolute Gasteiger partial charge is 0.337 e. The fraction of sp³-hybridized carbons (Fsp3) is 0.273. The summed E-state index contributed by atoms with van der Waals surface area (Å²) in [6, 6.07) is 11.3. The number of fused-ring (bicyclic) bond motifs is 1. The van der Waals surface area contributed by atoms with Gasteiger partial charge in [0.15, 0.2) is 10.9 Å². The lowest BCUT2D eigenvalue weighted by molar-refractivity contribution is 0.0600. The molecule has 1 heterocycles. The van der Waals surface area contributed by atoms with Gasteiger partial charge in [0.05, 0.1) is 29.3 Å². The van der Waals surface area contributed by atoms with Gasteiger partial charge in [0, 0.05) is 17.1 Å². The molecule has 0 aliphatic heterocycles. The zero-order valence-corrected chi connectivity index (χ0v) is 18.4. The summed E-state index contributed by atoms with van der Waals surface area (Å²) in [6.45, 7) is 4.48. The van der Waals surface area contributed by atoms with E-state index in [-0.39, 0.29) is 23.0 Å². The molecule has 3 aromatic rings. The van der Waals surface area contributed by atoms with Crippen molar-refractivity contribution < 1.29 is 14.3 Å². The standard InChI is InChI=1S/C22H21ClN2O4S/c1-13(2)11-25-20(27)17-9-6-15(21(28)29-3)10-18(17)24-22(25)30-12-19(26)14-4-7-16(23)8-5-14/h4-10,13H,11-12H2,1-3H3. The van der Waals surface area contributed by atoms with Gasteiger partial charge in [0.2, 0.25) is 0 Å². The topological polar surface area (TPSA) is 78.3 Å². The number of ketones is 1. The largest absolute Gasteiger partial charge is 0.465 e. The first-order valence-electron chi connectivity index (χ1n) is 9.34. The van der Waals surface area contributed by atoms with Crippen LogP contribution >= 0.6 is 23.4 Å². The first-order valence-corrected chi connectivity index (χ1v) is 10.7. The van der Waals surface area contributed by atoms with E-state index in [1.54, 1.807) is 41.0 Å². The Labute approximate surface area is 183 Å². The Morgan fingerprint density at radius 1 is 1.13 bits per heavy atom. The average molecular weight is 445 g/mol. The van der Waals surface area contributed by atoms with E-state index in [1.165, 1.54) is 24.9 Å². The maximum absolute atomic E-state index is 13.1. The quantitative estimate of drug-likeness (QED) is 0.231. The average Bonchev–Trinajstić information content (AvgIpc) is 2.73. The summed E-state index contributed by atoms with van der Waals surface area (Å²) < 4.78 is 6.34. The van der Waals surface area contributed by atoms with E-state index in [1.807, 2.05) is 13.8 Å². The van der Waals surface area contributed by atoms with Crippen LogP contribution in [0, 0.1) is 5.92 Å². The molecule has 8 heteroatoms. The van der Waals surface area contributed by atoms with Crippen LogP contribution < -0.4 is 5.56 Å². The van der Waals surface area contributed by atoms with Gasteiger partial charge in [-0.05, 0) is 48.4 Å². The minimum absolute atomic E-state index is 0.0922. The molecular weight excluding hydrogens is 424 g/mol. The Morgan fingerprint density at radius 3 is 2.43 bits per heavy atom. The van der Waals surface area contributed by atoms with Crippen LogP contribution in [0.25, 0.3) is 10.9 Å². The first kappa shape index (κ1) is 22.1. The van der Waals surface area contributed by atoms with E-state index in [4.69, 9.17) is 16.3 Å². The van der Waals surface area contributed by atoms with Crippen molar-refractivity contribution in [2.24, 2.45) is 5.92 Å². The molecule has 0 amide bonds. The minimum Gasteiger partial charge on any atom is -0.465 e. The summed E-state index contributed by atoms with van der Waals surface area (Å²) in [6.07, 6.45) is 0. The van der Waals surface area contributed by atoms with E-state index in [0.717, 1.165) is 0 Å². The van der Waals surface area contributed by atoms with Gasteiger partial charge in [-0.1, -0.05) is 37.2 Å². The molecule has 0 aliphatic carbocycles. The molecule has 1 aromatic heterocycles. The highest BCUT2D eigenvalue weighted by Crippen LogP contribution is 2.22. The van der Waals surface area contributed by atoms with Crippen LogP contribution in [0.4, 0.5) is 0 Å². The third kappa shape index (κ3) is 4.91. The summed E-state index contributed by atoms with van der Waals surface area (Å²) in [5.41, 5.74) is 1.04. The summed E-state index contributed by atoms with van der Waals surface area (Å²) in [5, 5.41) is 1.41. The molecule has 156 valence electrons. The molecule has 3 rings (SSSR count). The molecule has 0 radical (unpaired) electrons. The van der Waals surface area contributed by atoms with Crippen LogP contribution in [0.2, 0.25) is 5.02 Å². The van der Waals surface area contributed by atoms with E-state index < -0.39 is 5.97 Å². The van der Waals surface area contributed by atoms with Crippen molar-refractivity contribution in [3.8, 4) is 0 Å². The number of carbonyl (C=O) groups excluding carboxylic acids is 2. The lowest BCUT2D eigenvalue weighted by Gasteiger charge is -2.15. The molecule has 0 saturated heterocycles. The zero-order chi connectivity index (χ0) is 21.8. The van der Waals surface area contributed by atoms with Crippen LogP contribution in [-0.4, -0.2) is 34.2 Å². The molecule has 0 spiro atoms. The van der Waals surface area contributed by atoms with Gasteiger partial charge in [-0.2, -0.15) is 0 Å². The fourth-order valence-electron chi connectivity index (χ4n) is 2.93. The second-order valence-electron chi connectivity index (χ2n) is 7.15. The number of Topliss-reactive ketones (excluding diaryl/α,β-unsaturated/α-hetero) is 1. The first-order chi connectivity index (χ1) is 14.3. The Morgan fingerprint density at radius 2 is 1.80 bits per heavy atom. The van der Waals surface area contributed by atoms with Crippen LogP contribution in [0.1, 0.15) is 34.6 Å². The normalized spacial score (nSPS) is 11.1. The van der Waals surface area contributed by atoms with Crippen molar-refractivity contribution in [1.82, 2.24) is 9.55 Å². The highest BCUT2D eigenvalue weighted by molar-refractivity contribution is 7.99. The third-order valence-corrected chi connectivity index (χ3v) is 5.62. The minimum atomic E-state index is -0.503. The number of halogens is 1. The molecule has 0 atom stereocenters. The van der Waals surface area contributed by atoms with Gasteiger partial charge in [-0.3, -0.25) is 14.2 Å². The van der Waals surface area contributed by atoms with E-state index >= 15 is 0 Å². The molecule has 0 saturated carbocycles. The Kier molecular flexibility index (Phi) is 6.95. The maximum Gasteiger partial charge on any atom is 0.337 e. The number of nitrogens with zero attached hydrogens (tertiary/aromatic N) is 2. The van der Waals surface area contributed by atoms with Gasteiger partial charge in [-0.25, -0.2) is 9.78 Å². The Bertz CT molecular complexity index is 1160. The summed E-state index contributed by atoms with van der Waals surface area (Å²) in [4.78, 5) is 42.1. The number of thioether (sulfide) groups is 1. The van der Waals surface area contributed by atoms with E-state index in [9.17, 15) is 14.4 Å². The molecule has 2 aromatic carbocycles. The number of aromatic nitrogens is 2. The molecule has 0 fully saturated rings. The number of carbonyl (C=O) groups is 2. The second kappa shape index (κ2) is 9.45. The van der Waals surface area contributed by atoms with Crippen LogP contribution in [-0.2, 0) is 11.3 Å². The predicted octanol–water partition coefficient (Wildman–Crippen LogP) is 4.47. The number of hydrogen-bond donors (Lipinski definition) is 0. The number of benzene rings is 2. The zero-order valence-electron chi connectivity index (χ0n) is 16.8. The van der Waals surface area contributed by atoms with Crippen molar-refractivity contribution in [3.05, 3.63) is 69.0 Å². The molecule has 0 aliphatic rings. The summed E-state index contributed by atoms with van der Waals surface area (Å²) in [7, 11) is 1.30. The SMILES string of the molecule is COC(=O)c1ccc2c(=O)n(CC(C)C)c(SCC(=O)c3ccc(Cl)cc3)nc2c1. The van der Waals surface area contributed by atoms with E-state index in [0.29, 0.717) is 38.8 Å². The van der Waals surface area contributed by atoms with Crippen molar-refractivity contribution in [2.75, 3.05) is 12.9 Å². The predicted molar refractivity (Wildman–Crippen MR) is 119 cm³/mol. The van der Waals surface area contributed by atoms with Crippen molar-refractivity contribution in [2.45, 2.75) is 25.5 Å². The Hall–Kier alpha value is -2.64. The van der Waals surface area contributed by atoms with Gasteiger partial charge >= 0.3 is 5.97 Å². The van der Waals surface area contributed by atoms with Crippen molar-refractivity contribution in [1.29, 1.82) is 0 Å². The number of hydrogen-bond acceptors (Lipinski definition) is 6. The van der Waals surface area contributed by atoms with Crippen LogP contribution in [0.3, 0.4) is 0 Å². The fourth-order valence-corrected chi connectivity index (χ4v) is 3.96. The lowest BCUT2D eigenvalue weighted by atomic mass is 10.1.